The minimum absolute atomic E-state index is 0.0833. The Kier molecular flexibility index (Phi) is 14.4. The number of carbonyl (C=O) groups is 3. The zero-order valence-corrected chi connectivity index (χ0v) is 24.9. The molecule has 2 rings (SSSR count). The van der Waals surface area contributed by atoms with Crippen LogP contribution in [0.4, 0.5) is 4.79 Å². The molecule has 2 unspecified atom stereocenters. The fourth-order valence-electron chi connectivity index (χ4n) is 4.09. The maximum Gasteiger partial charge on any atom is 0.315 e. The van der Waals surface area contributed by atoms with E-state index in [0.29, 0.717) is 29.2 Å². The van der Waals surface area contributed by atoms with E-state index in [1.165, 1.54) is 14.2 Å². The highest BCUT2D eigenvalue weighted by atomic mass is 16.5. The van der Waals surface area contributed by atoms with Gasteiger partial charge in [0.25, 0.3) is 5.91 Å². The van der Waals surface area contributed by atoms with Gasteiger partial charge in [0.1, 0.15) is 29.9 Å². The molecule has 0 saturated carbocycles. The van der Waals surface area contributed by atoms with Crippen LogP contribution in [-0.4, -0.2) is 73.7 Å². The fourth-order valence-corrected chi connectivity index (χ4v) is 4.09. The molecule has 4 amide bonds. The molecule has 0 bridgehead atoms. The van der Waals surface area contributed by atoms with Gasteiger partial charge in [-0.1, -0.05) is 32.9 Å². The first-order valence-electron chi connectivity index (χ1n) is 13.9. The lowest BCUT2D eigenvalue weighted by molar-refractivity contribution is -0.132. The van der Waals surface area contributed by atoms with Crippen LogP contribution in [-0.2, 0) is 22.7 Å². The number of methoxy groups -OCH3 is 2. The Morgan fingerprint density at radius 1 is 0.833 bits per heavy atom. The van der Waals surface area contributed by atoms with Gasteiger partial charge in [-0.2, -0.15) is 0 Å². The van der Waals surface area contributed by atoms with Crippen LogP contribution in [0.2, 0.25) is 0 Å². The van der Waals surface area contributed by atoms with E-state index in [4.69, 9.17) is 19.3 Å². The molecule has 0 fully saturated rings. The van der Waals surface area contributed by atoms with E-state index in [1.807, 2.05) is 13.8 Å². The molecule has 0 aliphatic carbocycles. The van der Waals surface area contributed by atoms with Gasteiger partial charge in [0.15, 0.2) is 6.10 Å². The monoisotopic (exact) mass is 588 g/mol. The van der Waals surface area contributed by atoms with Crippen LogP contribution >= 0.6 is 0 Å². The number of carbonyl (C=O) groups excluding carboxylic acids is 3. The first kappa shape index (κ1) is 34.2. The largest absolute Gasteiger partial charge is 0.497 e. The molecule has 0 aromatic heterocycles. The van der Waals surface area contributed by atoms with E-state index < -0.39 is 36.0 Å². The van der Waals surface area contributed by atoms with Crippen LogP contribution < -0.4 is 35.5 Å². The highest BCUT2D eigenvalue weighted by Crippen LogP contribution is 2.22. The summed E-state index contributed by atoms with van der Waals surface area (Å²) in [6.45, 7) is 6.04. The molecule has 0 saturated heterocycles. The number of aliphatic hydroxyl groups is 2. The Morgan fingerprint density at radius 3 is 2.00 bits per heavy atom. The van der Waals surface area contributed by atoms with Crippen molar-refractivity contribution >= 4 is 17.8 Å². The molecule has 0 aliphatic rings. The van der Waals surface area contributed by atoms with Crippen LogP contribution in [0.5, 0.6) is 17.2 Å². The van der Waals surface area contributed by atoms with Crippen molar-refractivity contribution < 1.29 is 38.8 Å². The molecule has 0 aliphatic heterocycles. The molecular formula is C30H44N4O8. The lowest BCUT2D eigenvalue weighted by Crippen LogP contribution is -2.56. The molecule has 3 atom stereocenters. The number of nitrogens with one attached hydrogen (secondary N) is 4. The van der Waals surface area contributed by atoms with Gasteiger partial charge in [0.2, 0.25) is 5.91 Å². The topological polar surface area (TPSA) is 167 Å². The minimum atomic E-state index is -1.51. The van der Waals surface area contributed by atoms with Gasteiger partial charge in [-0.3, -0.25) is 9.59 Å². The third-order valence-electron chi connectivity index (χ3n) is 6.36. The zero-order valence-electron chi connectivity index (χ0n) is 24.9. The second-order valence-corrected chi connectivity index (χ2v) is 10.1. The molecule has 12 nitrogen and oxygen atoms in total. The zero-order chi connectivity index (χ0) is 31.1. The minimum Gasteiger partial charge on any atom is -0.497 e. The van der Waals surface area contributed by atoms with Crippen LogP contribution in [0.25, 0.3) is 0 Å². The molecule has 42 heavy (non-hydrogen) atoms. The summed E-state index contributed by atoms with van der Waals surface area (Å²) < 4.78 is 15.8. The average molecular weight is 589 g/mol. The summed E-state index contributed by atoms with van der Waals surface area (Å²) in [7, 11) is 3.05. The summed E-state index contributed by atoms with van der Waals surface area (Å²) >= 11 is 0. The number of benzene rings is 2. The summed E-state index contributed by atoms with van der Waals surface area (Å²) in [5.74, 6) is 0.663. The number of rotatable bonds is 17. The summed E-state index contributed by atoms with van der Waals surface area (Å²) in [4.78, 5) is 38.6. The van der Waals surface area contributed by atoms with Crippen LogP contribution in [0.1, 0.15) is 44.7 Å². The molecule has 12 heteroatoms. The Morgan fingerprint density at radius 2 is 1.45 bits per heavy atom. The number of hydrogen-bond donors (Lipinski definition) is 6. The van der Waals surface area contributed by atoms with Gasteiger partial charge in [-0.25, -0.2) is 4.79 Å². The lowest BCUT2D eigenvalue weighted by atomic mass is 10.0. The van der Waals surface area contributed by atoms with Crippen molar-refractivity contribution in [2.45, 2.75) is 64.9 Å². The van der Waals surface area contributed by atoms with Crippen molar-refractivity contribution in [1.29, 1.82) is 0 Å². The first-order valence-corrected chi connectivity index (χ1v) is 13.9. The second kappa shape index (κ2) is 17.7. The molecule has 232 valence electrons. The molecule has 2 aromatic carbocycles. The van der Waals surface area contributed by atoms with Gasteiger partial charge in [-0.15, -0.1) is 0 Å². The van der Waals surface area contributed by atoms with Crippen molar-refractivity contribution in [3.63, 3.8) is 0 Å². The third kappa shape index (κ3) is 11.5. The smallest absolute Gasteiger partial charge is 0.315 e. The van der Waals surface area contributed by atoms with E-state index in [-0.39, 0.29) is 38.6 Å². The van der Waals surface area contributed by atoms with Crippen molar-refractivity contribution in [1.82, 2.24) is 21.3 Å². The summed E-state index contributed by atoms with van der Waals surface area (Å²) in [5, 5.41) is 30.4. The van der Waals surface area contributed by atoms with Crippen molar-refractivity contribution in [3.8, 4) is 17.2 Å². The Bertz CT molecular complexity index is 1120. The summed E-state index contributed by atoms with van der Waals surface area (Å²) in [6, 6.07) is 9.95. The molecule has 6 N–H and O–H groups in total. The van der Waals surface area contributed by atoms with E-state index in [2.05, 4.69) is 21.3 Å². The maximum atomic E-state index is 13.2. The van der Waals surface area contributed by atoms with E-state index in [0.717, 1.165) is 5.56 Å². The predicted molar refractivity (Wildman–Crippen MR) is 157 cm³/mol. The summed E-state index contributed by atoms with van der Waals surface area (Å²) in [5.41, 5.74) is 1.53. The highest BCUT2D eigenvalue weighted by molar-refractivity contribution is 5.88. The Hall–Kier alpha value is -4.03. The van der Waals surface area contributed by atoms with E-state index >= 15 is 0 Å². The molecular weight excluding hydrogens is 544 g/mol. The fraction of sp³-hybridized carbons (Fsp3) is 0.500. The predicted octanol–water partition coefficient (Wildman–Crippen LogP) is 1.86. The van der Waals surface area contributed by atoms with Gasteiger partial charge < -0.3 is 45.7 Å². The maximum absolute atomic E-state index is 13.2. The molecule has 0 spiro atoms. The lowest BCUT2D eigenvalue weighted by Gasteiger charge is -2.26. The first-order chi connectivity index (χ1) is 20.1. The standard InChI is InChI=1S/C30H44N4O8/c1-6-25(27(36)29(38)31-18-21-14-23(40-4)16-24(15-21)41-5)33-28(37)26(13-19(2)3)34-30(39)32-17-20-7-9-22(10-8-20)42-12-11-35/h7-10,14-16,19,25-27,35-36H,6,11-13,17-18H2,1-5H3,(H,31,38)(H,33,37)(H2,32,34,39)/t25?,26-,27?/m0/s1. The number of ether oxygens (including phenoxy) is 3. The van der Waals surface area contributed by atoms with Crippen molar-refractivity contribution in [2.75, 3.05) is 27.4 Å². The summed E-state index contributed by atoms with van der Waals surface area (Å²) in [6.07, 6.45) is -0.873. The SMILES string of the molecule is CCC(NC(=O)[C@H](CC(C)C)NC(=O)NCc1ccc(OCCO)cc1)C(O)C(=O)NCc1cc(OC)cc(OC)c1. The molecule has 0 heterocycles. The van der Waals surface area contributed by atoms with Gasteiger partial charge >= 0.3 is 6.03 Å². The van der Waals surface area contributed by atoms with Crippen LogP contribution in [0.3, 0.4) is 0 Å². The van der Waals surface area contributed by atoms with Crippen molar-refractivity contribution in [3.05, 3.63) is 53.6 Å². The van der Waals surface area contributed by atoms with E-state index in [1.54, 1.807) is 49.4 Å². The average Bonchev–Trinajstić information content (AvgIpc) is 2.99. The molecule has 2 aromatic rings. The van der Waals surface area contributed by atoms with Crippen molar-refractivity contribution in [2.24, 2.45) is 5.92 Å². The quantitative estimate of drug-likeness (QED) is 0.163. The van der Waals surface area contributed by atoms with Gasteiger partial charge in [0, 0.05) is 19.2 Å². The highest BCUT2D eigenvalue weighted by Gasteiger charge is 2.30. The normalized spacial score (nSPS) is 13.0. The van der Waals surface area contributed by atoms with E-state index in [9.17, 15) is 19.5 Å². The number of urea groups is 1. The molecule has 0 radical (unpaired) electrons. The van der Waals surface area contributed by atoms with Crippen LogP contribution in [0.15, 0.2) is 42.5 Å². The third-order valence-corrected chi connectivity index (χ3v) is 6.36. The van der Waals surface area contributed by atoms with Gasteiger partial charge in [-0.05, 0) is 54.2 Å². The van der Waals surface area contributed by atoms with Crippen LogP contribution in [0, 0.1) is 5.92 Å². The second-order valence-electron chi connectivity index (χ2n) is 10.1. The Balaban J connectivity index is 1.95. The number of hydrogen-bond acceptors (Lipinski definition) is 8. The number of aliphatic hydroxyl groups excluding tert-OH is 2. The number of amides is 4. The Labute approximate surface area is 247 Å². The van der Waals surface area contributed by atoms with Gasteiger partial charge in [0.05, 0.1) is 26.9 Å².